The van der Waals surface area contributed by atoms with Crippen LogP contribution in [0.1, 0.15) is 18.4 Å². The van der Waals surface area contributed by atoms with Crippen LogP contribution in [0.25, 0.3) is 16.7 Å². The van der Waals surface area contributed by atoms with Gasteiger partial charge in [-0.25, -0.2) is 8.78 Å². The molecule has 0 radical (unpaired) electrons. The van der Waals surface area contributed by atoms with Crippen molar-refractivity contribution in [2.75, 3.05) is 7.11 Å². The van der Waals surface area contributed by atoms with E-state index in [1.54, 1.807) is 18.2 Å². The van der Waals surface area contributed by atoms with E-state index < -0.39 is 11.6 Å². The quantitative estimate of drug-likeness (QED) is 0.601. The largest absolute Gasteiger partial charge is 0.497 e. The number of halogens is 4. The fourth-order valence-electron chi connectivity index (χ4n) is 2.79. The van der Waals surface area contributed by atoms with Crippen molar-refractivity contribution in [2.24, 2.45) is 0 Å². The minimum absolute atomic E-state index is 0.159. The van der Waals surface area contributed by atoms with Crippen LogP contribution in [0.3, 0.4) is 0 Å². The highest BCUT2D eigenvalue weighted by molar-refractivity contribution is 6.46. The van der Waals surface area contributed by atoms with Crippen molar-refractivity contribution in [2.45, 2.75) is 12.8 Å². The molecule has 2 aromatic carbocycles. The van der Waals surface area contributed by atoms with Gasteiger partial charge in [0, 0.05) is 5.56 Å². The van der Waals surface area contributed by atoms with Gasteiger partial charge in [-0.05, 0) is 47.7 Å². The Morgan fingerprint density at radius 2 is 1.79 bits per heavy atom. The summed E-state index contributed by atoms with van der Waals surface area (Å²) < 4.78 is 33.3. The Morgan fingerprint density at radius 3 is 2.54 bits per heavy atom. The van der Waals surface area contributed by atoms with E-state index in [1.807, 2.05) is 6.08 Å². The zero-order valence-corrected chi connectivity index (χ0v) is 14.4. The van der Waals surface area contributed by atoms with Crippen molar-refractivity contribution in [3.63, 3.8) is 0 Å². The van der Waals surface area contributed by atoms with Crippen LogP contribution in [0.15, 0.2) is 52.5 Å². The standard InChI is InChI=1S/C19H14Cl2F2O/c1-24-11-8-9-12(13-4-2-6-16(20)18(13)21)15(10-11)14-5-3-7-17(22)19(14)23/h3,5-10H,2,4H2,1H3. The van der Waals surface area contributed by atoms with Gasteiger partial charge in [-0.3, -0.25) is 0 Å². The Labute approximate surface area is 149 Å². The summed E-state index contributed by atoms with van der Waals surface area (Å²) in [7, 11) is 1.52. The number of hydrogen-bond acceptors (Lipinski definition) is 1. The van der Waals surface area contributed by atoms with Crippen molar-refractivity contribution in [3.8, 4) is 16.9 Å². The second-order valence-electron chi connectivity index (χ2n) is 5.40. The lowest BCUT2D eigenvalue weighted by Gasteiger charge is -2.19. The van der Waals surface area contributed by atoms with Crippen LogP contribution in [-0.4, -0.2) is 7.11 Å². The molecule has 0 N–H and O–H groups in total. The summed E-state index contributed by atoms with van der Waals surface area (Å²) in [5.74, 6) is -1.25. The molecule has 1 aliphatic carbocycles. The predicted molar refractivity (Wildman–Crippen MR) is 94.3 cm³/mol. The first-order valence-corrected chi connectivity index (χ1v) is 8.16. The van der Waals surface area contributed by atoms with Gasteiger partial charge >= 0.3 is 0 Å². The lowest BCUT2D eigenvalue weighted by molar-refractivity contribution is 0.415. The van der Waals surface area contributed by atoms with Gasteiger partial charge in [-0.15, -0.1) is 0 Å². The number of rotatable bonds is 3. The van der Waals surface area contributed by atoms with E-state index in [1.165, 1.54) is 19.2 Å². The molecular formula is C19H14Cl2F2O. The monoisotopic (exact) mass is 366 g/mol. The number of ether oxygens (including phenoxy) is 1. The highest BCUT2D eigenvalue weighted by Crippen LogP contribution is 2.42. The van der Waals surface area contributed by atoms with Crippen molar-refractivity contribution >= 4 is 28.8 Å². The molecule has 1 nitrogen and oxygen atoms in total. The van der Waals surface area contributed by atoms with E-state index in [0.717, 1.165) is 23.6 Å². The van der Waals surface area contributed by atoms with E-state index in [-0.39, 0.29) is 5.56 Å². The van der Waals surface area contributed by atoms with Gasteiger partial charge in [0.2, 0.25) is 0 Å². The molecule has 0 saturated heterocycles. The molecule has 0 fully saturated rings. The molecule has 0 bridgehead atoms. The summed E-state index contributed by atoms with van der Waals surface area (Å²) in [6.07, 6.45) is 3.26. The third-order valence-electron chi connectivity index (χ3n) is 3.99. The molecule has 24 heavy (non-hydrogen) atoms. The number of hydrogen-bond donors (Lipinski definition) is 0. The summed E-state index contributed by atoms with van der Waals surface area (Å²) >= 11 is 12.5. The molecule has 5 heteroatoms. The molecule has 0 amide bonds. The van der Waals surface area contributed by atoms with Gasteiger partial charge in [0.15, 0.2) is 11.6 Å². The lowest BCUT2D eigenvalue weighted by Crippen LogP contribution is -1.99. The maximum Gasteiger partial charge on any atom is 0.166 e. The van der Waals surface area contributed by atoms with Crippen molar-refractivity contribution in [1.82, 2.24) is 0 Å². The van der Waals surface area contributed by atoms with E-state index in [0.29, 0.717) is 27.8 Å². The molecule has 1 aliphatic rings. The normalized spacial score (nSPS) is 14.6. The minimum Gasteiger partial charge on any atom is -0.497 e. The van der Waals surface area contributed by atoms with Crippen molar-refractivity contribution in [3.05, 3.63) is 69.7 Å². The van der Waals surface area contributed by atoms with Crippen LogP contribution >= 0.6 is 23.2 Å². The molecule has 0 aromatic heterocycles. The molecule has 0 spiro atoms. The van der Waals surface area contributed by atoms with E-state index in [2.05, 4.69) is 0 Å². The molecule has 0 heterocycles. The van der Waals surface area contributed by atoms with Gasteiger partial charge in [-0.1, -0.05) is 47.5 Å². The first kappa shape index (κ1) is 17.0. The maximum atomic E-state index is 14.3. The third-order valence-corrected chi connectivity index (χ3v) is 4.86. The average molecular weight is 367 g/mol. The first-order chi connectivity index (χ1) is 11.5. The second kappa shape index (κ2) is 6.96. The van der Waals surface area contributed by atoms with Gasteiger partial charge < -0.3 is 4.74 Å². The number of allylic oxidation sites excluding steroid dienone is 4. The summed E-state index contributed by atoms with van der Waals surface area (Å²) in [6.45, 7) is 0. The Hall–Kier alpha value is -1.84. The summed E-state index contributed by atoms with van der Waals surface area (Å²) in [5, 5.41) is 0.908. The van der Waals surface area contributed by atoms with Crippen LogP contribution in [0.2, 0.25) is 0 Å². The molecule has 3 rings (SSSR count). The Bertz CT molecular complexity index is 856. The zero-order chi connectivity index (χ0) is 17.3. The fraction of sp³-hybridized carbons (Fsp3) is 0.158. The van der Waals surface area contributed by atoms with Crippen molar-refractivity contribution in [1.29, 1.82) is 0 Å². The highest BCUT2D eigenvalue weighted by Gasteiger charge is 2.20. The van der Waals surface area contributed by atoms with E-state index >= 15 is 0 Å². The van der Waals surface area contributed by atoms with Crippen LogP contribution in [0, 0.1) is 11.6 Å². The van der Waals surface area contributed by atoms with Gasteiger partial charge in [-0.2, -0.15) is 0 Å². The van der Waals surface area contributed by atoms with Crippen LogP contribution in [0.4, 0.5) is 8.78 Å². The third kappa shape index (κ3) is 3.06. The Morgan fingerprint density at radius 1 is 1.00 bits per heavy atom. The topological polar surface area (TPSA) is 9.23 Å². The average Bonchev–Trinajstić information content (AvgIpc) is 2.59. The highest BCUT2D eigenvalue weighted by atomic mass is 35.5. The summed E-state index contributed by atoms with van der Waals surface area (Å²) in [5.41, 5.74) is 2.21. The van der Waals surface area contributed by atoms with Crippen LogP contribution in [-0.2, 0) is 0 Å². The van der Waals surface area contributed by atoms with Crippen molar-refractivity contribution < 1.29 is 13.5 Å². The van der Waals surface area contributed by atoms with Gasteiger partial charge in [0.1, 0.15) is 5.75 Å². The zero-order valence-electron chi connectivity index (χ0n) is 12.9. The van der Waals surface area contributed by atoms with E-state index in [4.69, 9.17) is 27.9 Å². The molecule has 124 valence electrons. The Kier molecular flexibility index (Phi) is 4.93. The van der Waals surface area contributed by atoms with E-state index in [9.17, 15) is 8.78 Å². The molecule has 0 atom stereocenters. The lowest BCUT2D eigenvalue weighted by atomic mass is 9.89. The van der Waals surface area contributed by atoms with Crippen LogP contribution in [0.5, 0.6) is 5.75 Å². The first-order valence-electron chi connectivity index (χ1n) is 7.40. The molecule has 2 aromatic rings. The molecular weight excluding hydrogens is 353 g/mol. The summed E-state index contributed by atoms with van der Waals surface area (Å²) in [4.78, 5) is 0. The molecule has 0 saturated carbocycles. The molecule has 0 aliphatic heterocycles. The predicted octanol–water partition coefficient (Wildman–Crippen LogP) is 6.51. The smallest absolute Gasteiger partial charge is 0.166 e. The Balaban J connectivity index is 2.27. The van der Waals surface area contributed by atoms with Gasteiger partial charge in [0.05, 0.1) is 17.2 Å². The maximum absolute atomic E-state index is 14.3. The van der Waals surface area contributed by atoms with Crippen LogP contribution < -0.4 is 4.74 Å². The fourth-order valence-corrected chi connectivity index (χ4v) is 3.28. The minimum atomic E-state index is -0.902. The number of benzene rings is 2. The number of methoxy groups -OCH3 is 1. The van der Waals surface area contributed by atoms with Gasteiger partial charge in [0.25, 0.3) is 0 Å². The molecule has 0 unspecified atom stereocenters. The second-order valence-corrected chi connectivity index (χ2v) is 6.18. The SMILES string of the molecule is COc1ccc(C2=C(Cl)C(Cl)=CCC2)c(-c2cccc(F)c2F)c1. The summed E-state index contributed by atoms with van der Waals surface area (Å²) in [6, 6.07) is 9.33.